The summed E-state index contributed by atoms with van der Waals surface area (Å²) < 4.78 is 11.6. The zero-order valence-corrected chi connectivity index (χ0v) is 19.8. The van der Waals surface area contributed by atoms with Crippen molar-refractivity contribution in [2.45, 2.75) is 39.8 Å². The van der Waals surface area contributed by atoms with E-state index in [-0.39, 0.29) is 23.8 Å². The summed E-state index contributed by atoms with van der Waals surface area (Å²) in [6.45, 7) is 6.51. The number of rotatable bonds is 8. The van der Waals surface area contributed by atoms with Crippen LogP contribution in [0.25, 0.3) is 6.08 Å². The summed E-state index contributed by atoms with van der Waals surface area (Å²) in [5, 5.41) is 0.562. The SMILES string of the molecule is CCOc1cc(/C=C2\SC(=O)N(Cc3ccc(Cl)cc3Cl)C2=O)ccc1OC(C)CC. The molecule has 5 nitrogen and oxygen atoms in total. The zero-order valence-electron chi connectivity index (χ0n) is 17.5. The molecule has 0 aliphatic carbocycles. The Kier molecular flexibility index (Phi) is 7.92. The lowest BCUT2D eigenvalue weighted by Crippen LogP contribution is -2.27. The van der Waals surface area contributed by atoms with Crippen molar-refractivity contribution in [1.82, 2.24) is 4.90 Å². The van der Waals surface area contributed by atoms with Crippen LogP contribution in [0.1, 0.15) is 38.3 Å². The number of halogens is 2. The Balaban J connectivity index is 1.82. The van der Waals surface area contributed by atoms with Crippen LogP contribution in [0.15, 0.2) is 41.3 Å². The van der Waals surface area contributed by atoms with Gasteiger partial charge in [0, 0.05) is 10.0 Å². The molecule has 1 saturated heterocycles. The van der Waals surface area contributed by atoms with Crippen LogP contribution >= 0.6 is 35.0 Å². The number of nitrogens with zero attached hydrogens (tertiary/aromatic N) is 1. The van der Waals surface area contributed by atoms with Gasteiger partial charge in [0.25, 0.3) is 11.1 Å². The maximum atomic E-state index is 12.9. The van der Waals surface area contributed by atoms with Gasteiger partial charge in [0.05, 0.1) is 24.2 Å². The number of imide groups is 1. The fourth-order valence-corrected chi connectivity index (χ4v) is 4.19. The van der Waals surface area contributed by atoms with Crippen LogP contribution in [-0.2, 0) is 11.3 Å². The molecule has 2 aromatic carbocycles. The van der Waals surface area contributed by atoms with Crippen LogP contribution in [-0.4, -0.2) is 28.8 Å². The quantitative estimate of drug-likeness (QED) is 0.389. The molecule has 8 heteroatoms. The van der Waals surface area contributed by atoms with Gasteiger partial charge in [-0.2, -0.15) is 0 Å². The second-order valence-electron chi connectivity index (χ2n) is 6.98. The summed E-state index contributed by atoms with van der Waals surface area (Å²) in [5.74, 6) is 0.890. The molecule has 1 aliphatic rings. The maximum Gasteiger partial charge on any atom is 0.293 e. The highest BCUT2D eigenvalue weighted by Crippen LogP contribution is 2.36. The maximum absolute atomic E-state index is 12.9. The first kappa shape index (κ1) is 23.5. The van der Waals surface area contributed by atoms with Gasteiger partial charge in [0.15, 0.2) is 11.5 Å². The third kappa shape index (κ3) is 5.76. The van der Waals surface area contributed by atoms with Crippen molar-refractivity contribution >= 4 is 52.2 Å². The largest absolute Gasteiger partial charge is 0.490 e. The molecular formula is C23H23Cl2NO4S. The molecule has 31 heavy (non-hydrogen) atoms. The first-order valence-corrected chi connectivity index (χ1v) is 11.5. The van der Waals surface area contributed by atoms with E-state index in [4.69, 9.17) is 32.7 Å². The molecule has 0 N–H and O–H groups in total. The van der Waals surface area contributed by atoms with Gasteiger partial charge < -0.3 is 9.47 Å². The predicted molar refractivity (Wildman–Crippen MR) is 126 cm³/mol. The van der Waals surface area contributed by atoms with Crippen LogP contribution in [0, 0.1) is 0 Å². The Labute approximate surface area is 196 Å². The van der Waals surface area contributed by atoms with Gasteiger partial charge in [-0.25, -0.2) is 0 Å². The number of carbonyl (C=O) groups is 2. The van der Waals surface area contributed by atoms with Gasteiger partial charge in [-0.05, 0) is 73.5 Å². The van der Waals surface area contributed by atoms with Crippen LogP contribution in [0.5, 0.6) is 11.5 Å². The van der Waals surface area contributed by atoms with E-state index < -0.39 is 0 Å². The number of hydrogen-bond acceptors (Lipinski definition) is 5. The number of hydrogen-bond donors (Lipinski definition) is 0. The van der Waals surface area contributed by atoms with E-state index in [9.17, 15) is 9.59 Å². The third-order valence-electron chi connectivity index (χ3n) is 4.69. The third-order valence-corrected chi connectivity index (χ3v) is 6.18. The minimum Gasteiger partial charge on any atom is -0.490 e. The lowest BCUT2D eigenvalue weighted by atomic mass is 10.1. The lowest BCUT2D eigenvalue weighted by Gasteiger charge is -2.16. The standard InChI is InChI=1S/C23H23Cl2NO4S/c1-4-14(3)30-19-9-6-15(10-20(19)29-5-2)11-21-22(27)26(23(28)31-21)13-16-7-8-17(24)12-18(16)25/h6-12,14H,4-5,13H2,1-3H3/b21-11-. The number of benzene rings is 2. The van der Waals surface area contributed by atoms with Gasteiger partial charge in [-0.1, -0.05) is 42.3 Å². The molecule has 0 bridgehead atoms. The highest BCUT2D eigenvalue weighted by atomic mass is 35.5. The molecule has 1 aliphatic heterocycles. The summed E-state index contributed by atoms with van der Waals surface area (Å²) in [4.78, 5) is 26.8. The van der Waals surface area contributed by atoms with Crippen molar-refractivity contribution in [1.29, 1.82) is 0 Å². The Morgan fingerprint density at radius 3 is 2.55 bits per heavy atom. The minimum atomic E-state index is -0.362. The average molecular weight is 480 g/mol. The predicted octanol–water partition coefficient (Wildman–Crippen LogP) is 6.81. The molecule has 1 fully saturated rings. The van der Waals surface area contributed by atoms with E-state index in [1.807, 2.05) is 39.0 Å². The fraction of sp³-hybridized carbons (Fsp3) is 0.304. The smallest absolute Gasteiger partial charge is 0.293 e. The molecule has 0 radical (unpaired) electrons. The number of ether oxygens (including phenoxy) is 2. The molecule has 1 heterocycles. The monoisotopic (exact) mass is 479 g/mol. The van der Waals surface area contributed by atoms with E-state index in [0.717, 1.165) is 23.7 Å². The van der Waals surface area contributed by atoms with Crippen LogP contribution in [0.4, 0.5) is 4.79 Å². The zero-order chi connectivity index (χ0) is 22.5. The van der Waals surface area contributed by atoms with E-state index in [1.165, 1.54) is 4.90 Å². The summed E-state index contributed by atoms with van der Waals surface area (Å²) in [6, 6.07) is 10.4. The Bertz CT molecular complexity index is 1020. The number of carbonyl (C=O) groups excluding carboxylic acids is 2. The molecule has 0 aromatic heterocycles. The van der Waals surface area contributed by atoms with Crippen molar-refractivity contribution in [2.24, 2.45) is 0 Å². The molecule has 0 spiro atoms. The minimum absolute atomic E-state index is 0.0567. The van der Waals surface area contributed by atoms with E-state index >= 15 is 0 Å². The Hall–Kier alpha value is -2.15. The second kappa shape index (κ2) is 10.4. The summed E-state index contributed by atoms with van der Waals surface area (Å²) >= 11 is 13.0. The molecule has 1 unspecified atom stereocenters. The average Bonchev–Trinajstić information content (AvgIpc) is 2.99. The summed E-state index contributed by atoms with van der Waals surface area (Å²) in [7, 11) is 0. The first-order valence-electron chi connectivity index (χ1n) is 9.95. The van der Waals surface area contributed by atoms with Crippen molar-refractivity contribution in [3.05, 3.63) is 62.5 Å². The topological polar surface area (TPSA) is 55.8 Å². The highest BCUT2D eigenvalue weighted by molar-refractivity contribution is 8.18. The number of amides is 2. The summed E-state index contributed by atoms with van der Waals surface area (Å²) in [5.41, 5.74) is 1.40. The van der Waals surface area contributed by atoms with Crippen molar-refractivity contribution < 1.29 is 19.1 Å². The molecular weight excluding hydrogens is 457 g/mol. The second-order valence-corrected chi connectivity index (χ2v) is 8.82. The Morgan fingerprint density at radius 2 is 1.87 bits per heavy atom. The molecule has 3 rings (SSSR count). The molecule has 164 valence electrons. The van der Waals surface area contributed by atoms with E-state index in [0.29, 0.717) is 38.6 Å². The van der Waals surface area contributed by atoms with Gasteiger partial charge >= 0.3 is 0 Å². The summed E-state index contributed by atoms with van der Waals surface area (Å²) in [6.07, 6.45) is 2.61. The molecule has 0 saturated carbocycles. The lowest BCUT2D eigenvalue weighted by molar-refractivity contribution is -0.123. The first-order chi connectivity index (χ1) is 14.8. The van der Waals surface area contributed by atoms with E-state index in [1.54, 1.807) is 24.3 Å². The van der Waals surface area contributed by atoms with Crippen LogP contribution in [0.2, 0.25) is 10.0 Å². The van der Waals surface area contributed by atoms with Crippen LogP contribution in [0.3, 0.4) is 0 Å². The van der Waals surface area contributed by atoms with Gasteiger partial charge in [0.1, 0.15) is 0 Å². The Morgan fingerprint density at radius 1 is 1.10 bits per heavy atom. The number of thioether (sulfide) groups is 1. The van der Waals surface area contributed by atoms with Gasteiger partial charge in [0.2, 0.25) is 0 Å². The van der Waals surface area contributed by atoms with Crippen molar-refractivity contribution in [3.8, 4) is 11.5 Å². The van der Waals surface area contributed by atoms with Crippen LogP contribution < -0.4 is 9.47 Å². The van der Waals surface area contributed by atoms with Gasteiger partial charge in [-0.15, -0.1) is 0 Å². The molecule has 2 amide bonds. The van der Waals surface area contributed by atoms with E-state index in [2.05, 4.69) is 0 Å². The highest BCUT2D eigenvalue weighted by Gasteiger charge is 2.35. The fourth-order valence-electron chi connectivity index (χ4n) is 2.89. The molecule has 1 atom stereocenters. The van der Waals surface area contributed by atoms with Gasteiger partial charge in [-0.3, -0.25) is 14.5 Å². The van der Waals surface area contributed by atoms with Crippen molar-refractivity contribution in [3.63, 3.8) is 0 Å². The molecule has 2 aromatic rings. The normalized spacial score (nSPS) is 16.2. The van der Waals surface area contributed by atoms with Crippen molar-refractivity contribution in [2.75, 3.05) is 6.61 Å².